The molecule has 0 unspecified atom stereocenters. The van der Waals surface area contributed by atoms with Gasteiger partial charge in [0.25, 0.3) is 0 Å². The van der Waals surface area contributed by atoms with Gasteiger partial charge in [-0.1, -0.05) is 38.5 Å². The van der Waals surface area contributed by atoms with E-state index in [2.05, 4.69) is 53.7 Å². The van der Waals surface area contributed by atoms with Crippen molar-refractivity contribution in [2.45, 2.75) is 53.4 Å². The predicted molar refractivity (Wildman–Crippen MR) is 86.1 cm³/mol. The van der Waals surface area contributed by atoms with E-state index in [-0.39, 0.29) is 5.41 Å². The molecule has 0 N–H and O–H groups in total. The van der Waals surface area contributed by atoms with Crippen molar-refractivity contribution in [1.82, 2.24) is 0 Å². The fourth-order valence-corrected chi connectivity index (χ4v) is 2.78. The molecular weight excluding hydrogens is 244 g/mol. The van der Waals surface area contributed by atoms with Crippen molar-refractivity contribution < 1.29 is 4.79 Å². The topological polar surface area (TPSA) is 17.1 Å². The van der Waals surface area contributed by atoms with Crippen molar-refractivity contribution in [3.05, 3.63) is 51.6 Å². The Labute approximate surface area is 122 Å². The van der Waals surface area contributed by atoms with Crippen molar-refractivity contribution in [2.75, 3.05) is 0 Å². The Hall–Kier alpha value is -1.63. The van der Waals surface area contributed by atoms with Gasteiger partial charge in [0, 0.05) is 5.56 Å². The molecule has 1 heteroatoms. The zero-order valence-corrected chi connectivity index (χ0v) is 13.4. The summed E-state index contributed by atoms with van der Waals surface area (Å²) in [7, 11) is 0. The predicted octanol–water partition coefficient (Wildman–Crippen LogP) is 5.31. The van der Waals surface area contributed by atoms with E-state index in [1.54, 1.807) is 0 Å². The number of carbonyl (C=O) groups excluding carboxylic acids is 1. The van der Waals surface area contributed by atoms with E-state index in [0.29, 0.717) is 0 Å². The van der Waals surface area contributed by atoms with Crippen LogP contribution in [0.2, 0.25) is 0 Å². The van der Waals surface area contributed by atoms with Gasteiger partial charge in [-0.3, -0.25) is 4.79 Å². The first-order valence-electron chi connectivity index (χ1n) is 7.22. The van der Waals surface area contributed by atoms with E-state index >= 15 is 0 Å². The van der Waals surface area contributed by atoms with Crippen LogP contribution in [-0.4, -0.2) is 6.29 Å². The van der Waals surface area contributed by atoms with E-state index in [0.717, 1.165) is 23.8 Å². The summed E-state index contributed by atoms with van der Waals surface area (Å²) in [5.74, 6) is 0. The molecule has 1 aromatic rings. The Bertz CT molecular complexity index is 622. The van der Waals surface area contributed by atoms with E-state index in [9.17, 15) is 4.79 Å². The maximum absolute atomic E-state index is 11.5. The minimum Gasteiger partial charge on any atom is -0.298 e. The zero-order chi connectivity index (χ0) is 15.1. The van der Waals surface area contributed by atoms with Crippen LogP contribution in [0.15, 0.2) is 34.9 Å². The molecule has 2 rings (SSSR count). The third-order valence-electron chi connectivity index (χ3n) is 4.47. The van der Waals surface area contributed by atoms with Crippen molar-refractivity contribution >= 4 is 11.9 Å². The van der Waals surface area contributed by atoms with Crippen LogP contribution in [0, 0.1) is 0 Å². The van der Waals surface area contributed by atoms with Crippen LogP contribution in [0.25, 0.3) is 5.57 Å². The van der Waals surface area contributed by atoms with Gasteiger partial charge in [-0.2, -0.15) is 0 Å². The van der Waals surface area contributed by atoms with Gasteiger partial charge in [-0.15, -0.1) is 0 Å². The second-order valence-electron chi connectivity index (χ2n) is 6.86. The van der Waals surface area contributed by atoms with Gasteiger partial charge >= 0.3 is 0 Å². The van der Waals surface area contributed by atoms with Crippen LogP contribution >= 0.6 is 0 Å². The van der Waals surface area contributed by atoms with Gasteiger partial charge in [0.1, 0.15) is 0 Å². The highest BCUT2D eigenvalue weighted by molar-refractivity contribution is 5.89. The first-order chi connectivity index (χ1) is 9.25. The molecule has 0 spiro atoms. The molecule has 20 heavy (non-hydrogen) atoms. The SMILES string of the molecule is CC1=C(C)C(C)=C(c2ccc(C(C)(C)C)cc2C=O)C1. The fourth-order valence-electron chi connectivity index (χ4n) is 2.78. The molecule has 0 amide bonds. The first kappa shape index (κ1) is 14.8. The van der Waals surface area contributed by atoms with E-state index in [1.807, 2.05) is 6.07 Å². The summed E-state index contributed by atoms with van der Waals surface area (Å²) >= 11 is 0. The second-order valence-corrected chi connectivity index (χ2v) is 6.86. The molecule has 1 aliphatic rings. The van der Waals surface area contributed by atoms with Crippen molar-refractivity contribution in [3.8, 4) is 0 Å². The van der Waals surface area contributed by atoms with Gasteiger partial charge in [0.05, 0.1) is 0 Å². The highest BCUT2D eigenvalue weighted by atomic mass is 16.1. The highest BCUT2D eigenvalue weighted by Crippen LogP contribution is 2.39. The maximum Gasteiger partial charge on any atom is 0.150 e. The largest absolute Gasteiger partial charge is 0.298 e. The quantitative estimate of drug-likeness (QED) is 0.664. The molecule has 0 radical (unpaired) electrons. The van der Waals surface area contributed by atoms with Crippen LogP contribution in [0.3, 0.4) is 0 Å². The Balaban J connectivity index is 2.53. The first-order valence-corrected chi connectivity index (χ1v) is 7.22. The molecule has 0 saturated carbocycles. The number of benzene rings is 1. The molecule has 0 atom stereocenters. The smallest absolute Gasteiger partial charge is 0.150 e. The normalized spacial score (nSPS) is 16.1. The summed E-state index contributed by atoms with van der Waals surface area (Å²) in [6.45, 7) is 13.0. The summed E-state index contributed by atoms with van der Waals surface area (Å²) in [6.07, 6.45) is 1.96. The van der Waals surface area contributed by atoms with Gasteiger partial charge < -0.3 is 0 Å². The average Bonchev–Trinajstić information content (AvgIpc) is 2.64. The third-order valence-corrected chi connectivity index (χ3v) is 4.47. The molecular formula is C19H24O. The minimum absolute atomic E-state index is 0.0689. The number of hydrogen-bond acceptors (Lipinski definition) is 1. The van der Waals surface area contributed by atoms with Gasteiger partial charge in [-0.25, -0.2) is 0 Å². The average molecular weight is 268 g/mol. The summed E-state index contributed by atoms with van der Waals surface area (Å²) in [5, 5.41) is 0. The van der Waals surface area contributed by atoms with Crippen molar-refractivity contribution in [2.24, 2.45) is 0 Å². The molecule has 0 bridgehead atoms. The monoisotopic (exact) mass is 268 g/mol. The van der Waals surface area contributed by atoms with Crippen LogP contribution in [0.1, 0.15) is 69.4 Å². The number of allylic oxidation sites excluding steroid dienone is 4. The Morgan fingerprint density at radius 1 is 1.05 bits per heavy atom. The molecule has 1 aliphatic carbocycles. The number of rotatable bonds is 2. The van der Waals surface area contributed by atoms with E-state index in [4.69, 9.17) is 0 Å². The molecule has 0 aliphatic heterocycles. The van der Waals surface area contributed by atoms with Gasteiger partial charge in [0.2, 0.25) is 0 Å². The molecule has 0 saturated heterocycles. The highest BCUT2D eigenvalue weighted by Gasteiger charge is 2.21. The summed E-state index contributed by atoms with van der Waals surface area (Å²) in [4.78, 5) is 11.5. The van der Waals surface area contributed by atoms with Crippen LogP contribution < -0.4 is 0 Å². The summed E-state index contributed by atoms with van der Waals surface area (Å²) in [6, 6.07) is 6.33. The lowest BCUT2D eigenvalue weighted by Gasteiger charge is -2.21. The Morgan fingerprint density at radius 2 is 1.70 bits per heavy atom. The lowest BCUT2D eigenvalue weighted by molar-refractivity contribution is 0.112. The van der Waals surface area contributed by atoms with Crippen LogP contribution in [0.4, 0.5) is 0 Å². The zero-order valence-electron chi connectivity index (χ0n) is 13.4. The van der Waals surface area contributed by atoms with Crippen LogP contribution in [-0.2, 0) is 5.41 Å². The second kappa shape index (κ2) is 5.05. The lowest BCUT2D eigenvalue weighted by Crippen LogP contribution is -2.12. The van der Waals surface area contributed by atoms with Gasteiger partial charge in [0.15, 0.2) is 6.29 Å². The molecule has 0 aromatic heterocycles. The molecule has 0 heterocycles. The molecule has 1 nitrogen and oxygen atoms in total. The minimum atomic E-state index is 0.0689. The van der Waals surface area contributed by atoms with Crippen molar-refractivity contribution in [3.63, 3.8) is 0 Å². The Kier molecular flexibility index (Phi) is 3.73. The summed E-state index contributed by atoms with van der Waals surface area (Å²) < 4.78 is 0. The summed E-state index contributed by atoms with van der Waals surface area (Å²) in [5.41, 5.74) is 8.61. The molecule has 1 aromatic carbocycles. The molecule has 106 valence electrons. The third kappa shape index (κ3) is 2.49. The van der Waals surface area contributed by atoms with Crippen molar-refractivity contribution in [1.29, 1.82) is 0 Å². The standard InChI is InChI=1S/C19H24O/c1-12-9-18(14(3)13(12)2)17-8-7-16(19(4,5)6)10-15(17)11-20/h7-8,10-11H,9H2,1-6H3. The van der Waals surface area contributed by atoms with Crippen LogP contribution in [0.5, 0.6) is 0 Å². The lowest BCUT2D eigenvalue weighted by atomic mass is 9.84. The number of carbonyl (C=O) groups is 1. The maximum atomic E-state index is 11.5. The number of hydrogen-bond donors (Lipinski definition) is 0. The fraction of sp³-hybridized carbons (Fsp3) is 0.421. The van der Waals surface area contributed by atoms with Gasteiger partial charge in [-0.05, 0) is 66.5 Å². The van der Waals surface area contributed by atoms with E-state index < -0.39 is 0 Å². The Morgan fingerprint density at radius 3 is 2.15 bits per heavy atom. The molecule has 0 fully saturated rings. The number of aldehydes is 1. The van der Waals surface area contributed by atoms with E-state index in [1.165, 1.54) is 27.9 Å².